The number of benzene rings is 2. The standard InChI is InChI=1S/C18H21ClN2O4S/c1-3-10-20-26(23,24)16-8-6-15(7-9-16)25-12-18(22)21-17-11-14(19)5-4-13(17)2/h4-9,11,20H,3,10,12H2,1-2H3,(H,21,22). The van der Waals surface area contributed by atoms with Gasteiger partial charge >= 0.3 is 0 Å². The molecule has 0 atom stereocenters. The topological polar surface area (TPSA) is 84.5 Å². The number of nitrogens with one attached hydrogen (secondary N) is 2. The summed E-state index contributed by atoms with van der Waals surface area (Å²) in [6.45, 7) is 3.92. The minimum atomic E-state index is -3.52. The number of hydrogen-bond donors (Lipinski definition) is 2. The van der Waals surface area contributed by atoms with E-state index < -0.39 is 10.0 Å². The summed E-state index contributed by atoms with van der Waals surface area (Å²) >= 11 is 5.92. The van der Waals surface area contributed by atoms with Crippen LogP contribution in [-0.2, 0) is 14.8 Å². The van der Waals surface area contributed by atoms with Crippen LogP contribution in [0, 0.1) is 6.92 Å². The summed E-state index contributed by atoms with van der Waals surface area (Å²) in [4.78, 5) is 12.2. The van der Waals surface area contributed by atoms with Crippen LogP contribution in [0.5, 0.6) is 5.75 Å². The van der Waals surface area contributed by atoms with Crippen molar-refractivity contribution in [2.24, 2.45) is 0 Å². The summed E-state index contributed by atoms with van der Waals surface area (Å²) in [6, 6.07) is 11.1. The zero-order valence-electron chi connectivity index (χ0n) is 14.6. The second kappa shape index (κ2) is 9.02. The summed E-state index contributed by atoms with van der Waals surface area (Å²) in [7, 11) is -3.52. The van der Waals surface area contributed by atoms with Crippen LogP contribution in [0.3, 0.4) is 0 Å². The van der Waals surface area contributed by atoms with E-state index >= 15 is 0 Å². The molecule has 0 fully saturated rings. The second-order valence-electron chi connectivity index (χ2n) is 5.67. The van der Waals surface area contributed by atoms with Crippen molar-refractivity contribution in [1.29, 1.82) is 0 Å². The maximum atomic E-state index is 12.0. The lowest BCUT2D eigenvalue weighted by Gasteiger charge is -2.10. The molecule has 2 N–H and O–H groups in total. The van der Waals surface area contributed by atoms with Crippen LogP contribution in [0.4, 0.5) is 5.69 Å². The highest BCUT2D eigenvalue weighted by Gasteiger charge is 2.13. The first kappa shape index (κ1) is 20.2. The number of ether oxygens (including phenoxy) is 1. The molecule has 0 aliphatic heterocycles. The van der Waals surface area contributed by atoms with Gasteiger partial charge in [-0.15, -0.1) is 0 Å². The molecule has 1 amide bonds. The third-order valence-electron chi connectivity index (χ3n) is 3.52. The minimum Gasteiger partial charge on any atom is -0.484 e. The zero-order valence-corrected chi connectivity index (χ0v) is 16.2. The summed E-state index contributed by atoms with van der Waals surface area (Å²) in [5.74, 6) is 0.0640. The Bertz CT molecular complexity index is 867. The Balaban J connectivity index is 1.93. The summed E-state index contributed by atoms with van der Waals surface area (Å²) in [5.41, 5.74) is 1.51. The average molecular weight is 397 g/mol. The molecule has 0 aromatic heterocycles. The molecule has 6 nitrogen and oxygen atoms in total. The van der Waals surface area contributed by atoms with E-state index in [0.29, 0.717) is 29.4 Å². The van der Waals surface area contributed by atoms with Gasteiger partial charge in [-0.2, -0.15) is 0 Å². The van der Waals surface area contributed by atoms with Crippen LogP contribution in [0.2, 0.25) is 5.02 Å². The molecule has 2 aromatic carbocycles. The molecule has 26 heavy (non-hydrogen) atoms. The Labute approximate surface area is 158 Å². The van der Waals surface area contributed by atoms with Crippen molar-refractivity contribution in [2.75, 3.05) is 18.5 Å². The smallest absolute Gasteiger partial charge is 0.262 e. The molecule has 0 heterocycles. The fourth-order valence-corrected chi connectivity index (χ4v) is 3.40. The first-order chi connectivity index (χ1) is 12.3. The van der Waals surface area contributed by atoms with Crippen molar-refractivity contribution in [3.63, 3.8) is 0 Å². The lowest BCUT2D eigenvalue weighted by Crippen LogP contribution is -2.24. The van der Waals surface area contributed by atoms with Crippen molar-refractivity contribution in [3.05, 3.63) is 53.1 Å². The summed E-state index contributed by atoms with van der Waals surface area (Å²) in [6.07, 6.45) is 0.710. The van der Waals surface area contributed by atoms with Gasteiger partial charge in [0.05, 0.1) is 4.90 Å². The molecule has 2 aromatic rings. The van der Waals surface area contributed by atoms with Crippen LogP contribution in [0.15, 0.2) is 47.4 Å². The molecule has 0 saturated heterocycles. The Morgan fingerprint density at radius 2 is 1.85 bits per heavy atom. The van der Waals surface area contributed by atoms with Crippen molar-refractivity contribution in [2.45, 2.75) is 25.2 Å². The fourth-order valence-electron chi connectivity index (χ4n) is 2.10. The highest BCUT2D eigenvalue weighted by atomic mass is 35.5. The zero-order chi connectivity index (χ0) is 19.2. The highest BCUT2D eigenvalue weighted by Crippen LogP contribution is 2.20. The number of aryl methyl sites for hydroxylation is 1. The van der Waals surface area contributed by atoms with Crippen molar-refractivity contribution < 1.29 is 17.9 Å². The van der Waals surface area contributed by atoms with Gasteiger partial charge in [-0.25, -0.2) is 13.1 Å². The van der Waals surface area contributed by atoms with Gasteiger partial charge in [0.15, 0.2) is 6.61 Å². The molecule has 2 rings (SSSR count). The fraction of sp³-hybridized carbons (Fsp3) is 0.278. The monoisotopic (exact) mass is 396 g/mol. The quantitative estimate of drug-likeness (QED) is 0.716. The van der Waals surface area contributed by atoms with Crippen LogP contribution in [0.1, 0.15) is 18.9 Å². The van der Waals surface area contributed by atoms with Gasteiger partial charge in [-0.3, -0.25) is 4.79 Å². The van der Waals surface area contributed by atoms with E-state index in [-0.39, 0.29) is 17.4 Å². The van der Waals surface area contributed by atoms with E-state index in [4.69, 9.17) is 16.3 Å². The number of rotatable bonds is 8. The van der Waals surface area contributed by atoms with Gasteiger partial charge < -0.3 is 10.1 Å². The van der Waals surface area contributed by atoms with Crippen molar-refractivity contribution in [3.8, 4) is 5.75 Å². The van der Waals surface area contributed by atoms with E-state index in [2.05, 4.69) is 10.0 Å². The predicted molar refractivity (Wildman–Crippen MR) is 102 cm³/mol. The Morgan fingerprint density at radius 1 is 1.15 bits per heavy atom. The van der Waals surface area contributed by atoms with Gasteiger partial charge in [0.2, 0.25) is 10.0 Å². The number of hydrogen-bond acceptors (Lipinski definition) is 4. The number of sulfonamides is 1. The lowest BCUT2D eigenvalue weighted by molar-refractivity contribution is -0.118. The minimum absolute atomic E-state index is 0.150. The van der Waals surface area contributed by atoms with Gasteiger partial charge in [-0.05, 0) is 55.3 Å². The Morgan fingerprint density at radius 3 is 2.50 bits per heavy atom. The van der Waals surface area contributed by atoms with E-state index in [1.807, 2.05) is 19.9 Å². The number of amides is 1. The van der Waals surface area contributed by atoms with Crippen molar-refractivity contribution >= 4 is 33.2 Å². The molecule has 140 valence electrons. The number of carbonyl (C=O) groups excluding carboxylic acids is 1. The van der Waals surface area contributed by atoms with E-state index in [1.54, 1.807) is 12.1 Å². The molecule has 0 aliphatic carbocycles. The van der Waals surface area contributed by atoms with Gasteiger partial charge in [0, 0.05) is 17.3 Å². The molecule has 0 bridgehead atoms. The summed E-state index contributed by atoms with van der Waals surface area (Å²) in [5, 5.41) is 3.25. The second-order valence-corrected chi connectivity index (χ2v) is 7.87. The number of anilines is 1. The third kappa shape index (κ3) is 5.72. The maximum absolute atomic E-state index is 12.0. The first-order valence-electron chi connectivity index (χ1n) is 8.10. The molecule has 0 unspecified atom stereocenters. The average Bonchev–Trinajstić information content (AvgIpc) is 2.62. The molecule has 0 spiro atoms. The van der Waals surface area contributed by atoms with E-state index in [0.717, 1.165) is 5.56 Å². The number of halogens is 1. The summed E-state index contributed by atoms with van der Waals surface area (Å²) < 4.78 is 31.9. The molecule has 0 saturated carbocycles. The van der Waals surface area contributed by atoms with Gasteiger partial charge in [0.25, 0.3) is 5.91 Å². The van der Waals surface area contributed by atoms with Crippen LogP contribution >= 0.6 is 11.6 Å². The molecule has 0 aliphatic rings. The highest BCUT2D eigenvalue weighted by molar-refractivity contribution is 7.89. The van der Waals surface area contributed by atoms with Crippen LogP contribution in [0.25, 0.3) is 0 Å². The SMILES string of the molecule is CCCNS(=O)(=O)c1ccc(OCC(=O)Nc2cc(Cl)ccc2C)cc1. The van der Waals surface area contributed by atoms with E-state index in [1.165, 1.54) is 24.3 Å². The molecular weight excluding hydrogens is 376 g/mol. The van der Waals surface area contributed by atoms with Crippen LogP contribution < -0.4 is 14.8 Å². The van der Waals surface area contributed by atoms with Crippen molar-refractivity contribution in [1.82, 2.24) is 4.72 Å². The van der Waals surface area contributed by atoms with E-state index in [9.17, 15) is 13.2 Å². The lowest BCUT2D eigenvalue weighted by atomic mass is 10.2. The molecule has 8 heteroatoms. The Kier molecular flexibility index (Phi) is 7.02. The Hall–Kier alpha value is -2.09. The first-order valence-corrected chi connectivity index (χ1v) is 9.96. The normalized spacial score (nSPS) is 11.2. The van der Waals surface area contributed by atoms with Crippen LogP contribution in [-0.4, -0.2) is 27.5 Å². The predicted octanol–water partition coefficient (Wildman–Crippen LogP) is 3.35. The molecule has 0 radical (unpaired) electrons. The molecular formula is C18H21ClN2O4S. The van der Waals surface area contributed by atoms with Gasteiger partial charge in [0.1, 0.15) is 5.75 Å². The maximum Gasteiger partial charge on any atom is 0.262 e. The third-order valence-corrected chi connectivity index (χ3v) is 5.23. The van der Waals surface area contributed by atoms with Gasteiger partial charge in [-0.1, -0.05) is 24.6 Å². The number of carbonyl (C=O) groups is 1. The largest absolute Gasteiger partial charge is 0.484 e.